The quantitative estimate of drug-likeness (QED) is 0.509. The van der Waals surface area contributed by atoms with Crippen molar-refractivity contribution in [1.82, 2.24) is 14.8 Å². The highest BCUT2D eigenvalue weighted by Crippen LogP contribution is 2.10. The molecule has 0 aliphatic carbocycles. The summed E-state index contributed by atoms with van der Waals surface area (Å²) in [5.74, 6) is -0.580. The van der Waals surface area contributed by atoms with E-state index in [9.17, 15) is 21.6 Å². The molecule has 0 aromatic heterocycles. The normalized spacial score (nSPS) is 23.5. The van der Waals surface area contributed by atoms with E-state index >= 15 is 0 Å². The van der Waals surface area contributed by atoms with Crippen LogP contribution in [-0.2, 0) is 24.8 Å². The first-order valence-corrected chi connectivity index (χ1v) is 8.22. The molecule has 0 aromatic rings. The van der Waals surface area contributed by atoms with Crippen molar-refractivity contribution in [3.8, 4) is 0 Å². The zero-order valence-electron chi connectivity index (χ0n) is 9.26. The van der Waals surface area contributed by atoms with Crippen LogP contribution in [0.2, 0.25) is 0 Å². The van der Waals surface area contributed by atoms with E-state index in [2.05, 4.69) is 5.32 Å². The van der Waals surface area contributed by atoms with Crippen LogP contribution in [0.25, 0.3) is 0 Å². The van der Waals surface area contributed by atoms with Crippen molar-refractivity contribution in [3.05, 3.63) is 0 Å². The molecule has 1 aliphatic heterocycles. The van der Waals surface area contributed by atoms with Gasteiger partial charge in [0.15, 0.2) is 9.84 Å². The summed E-state index contributed by atoms with van der Waals surface area (Å²) in [7, 11) is -5.49. The van der Waals surface area contributed by atoms with E-state index < -0.39 is 38.5 Å². The van der Waals surface area contributed by atoms with Gasteiger partial charge in [0, 0.05) is 13.1 Å². The van der Waals surface area contributed by atoms with Crippen molar-refractivity contribution in [3.63, 3.8) is 0 Å². The topological polar surface area (TPSA) is 121 Å². The van der Waals surface area contributed by atoms with Gasteiger partial charge >= 0.3 is 0 Å². The average molecular weight is 285 g/mol. The molecule has 17 heavy (non-hydrogen) atoms. The van der Waals surface area contributed by atoms with Crippen molar-refractivity contribution in [2.75, 3.05) is 25.1 Å². The molecule has 1 fully saturated rings. The SMILES string of the molecule is CNS(=O)(=O)NCC(=O)NC1CCS(=O)(=O)C1. The molecule has 0 saturated carbocycles. The Morgan fingerprint density at radius 3 is 2.53 bits per heavy atom. The van der Waals surface area contributed by atoms with Gasteiger partial charge in [0.25, 0.3) is 10.2 Å². The van der Waals surface area contributed by atoms with Gasteiger partial charge in [0.05, 0.1) is 18.1 Å². The summed E-state index contributed by atoms with van der Waals surface area (Å²) in [6.07, 6.45) is 0.368. The van der Waals surface area contributed by atoms with Gasteiger partial charge in [-0.15, -0.1) is 0 Å². The highest BCUT2D eigenvalue weighted by molar-refractivity contribution is 7.91. The van der Waals surface area contributed by atoms with E-state index in [0.717, 1.165) is 0 Å². The van der Waals surface area contributed by atoms with Crippen LogP contribution in [0.4, 0.5) is 0 Å². The van der Waals surface area contributed by atoms with E-state index in [4.69, 9.17) is 0 Å². The molecule has 0 spiro atoms. The Hall–Kier alpha value is -0.710. The molecule has 0 radical (unpaired) electrons. The predicted molar refractivity (Wildman–Crippen MR) is 61.2 cm³/mol. The minimum Gasteiger partial charge on any atom is -0.351 e. The van der Waals surface area contributed by atoms with Gasteiger partial charge in [-0.3, -0.25) is 4.79 Å². The summed E-state index contributed by atoms with van der Waals surface area (Å²) in [5, 5.41) is 2.46. The summed E-state index contributed by atoms with van der Waals surface area (Å²) in [6, 6.07) is -0.424. The van der Waals surface area contributed by atoms with E-state index in [-0.39, 0.29) is 11.5 Å². The summed E-state index contributed by atoms with van der Waals surface area (Å²) in [4.78, 5) is 11.3. The number of nitrogens with one attached hydrogen (secondary N) is 3. The molecule has 1 saturated heterocycles. The molecule has 1 atom stereocenters. The number of hydrogen-bond donors (Lipinski definition) is 3. The second kappa shape index (κ2) is 5.29. The maximum Gasteiger partial charge on any atom is 0.277 e. The molecule has 3 N–H and O–H groups in total. The predicted octanol–water partition coefficient (Wildman–Crippen LogP) is -2.66. The standard InChI is InChI=1S/C7H15N3O5S2/c1-8-17(14,15)9-4-7(11)10-6-2-3-16(12,13)5-6/h6,8-9H,2-5H2,1H3,(H,10,11). The van der Waals surface area contributed by atoms with Crippen LogP contribution in [-0.4, -0.2) is 53.9 Å². The third-order valence-electron chi connectivity index (χ3n) is 2.29. The molecule has 100 valence electrons. The van der Waals surface area contributed by atoms with Crippen LogP contribution in [0.5, 0.6) is 0 Å². The van der Waals surface area contributed by atoms with Gasteiger partial charge < -0.3 is 5.32 Å². The second-order valence-electron chi connectivity index (χ2n) is 3.70. The van der Waals surface area contributed by atoms with Crippen molar-refractivity contribution < 1.29 is 21.6 Å². The maximum absolute atomic E-state index is 11.3. The van der Waals surface area contributed by atoms with Gasteiger partial charge in [-0.05, 0) is 6.42 Å². The number of carbonyl (C=O) groups is 1. The van der Waals surface area contributed by atoms with Crippen LogP contribution in [0.3, 0.4) is 0 Å². The van der Waals surface area contributed by atoms with E-state index in [1.165, 1.54) is 7.05 Å². The van der Waals surface area contributed by atoms with Crippen molar-refractivity contribution in [2.45, 2.75) is 12.5 Å². The number of amides is 1. The van der Waals surface area contributed by atoms with Crippen LogP contribution in [0, 0.1) is 0 Å². The molecule has 10 heteroatoms. The number of rotatable bonds is 5. The lowest BCUT2D eigenvalue weighted by Gasteiger charge is -2.11. The lowest BCUT2D eigenvalue weighted by atomic mass is 10.2. The van der Waals surface area contributed by atoms with Gasteiger partial charge in [-0.1, -0.05) is 0 Å². The Morgan fingerprint density at radius 2 is 2.06 bits per heavy atom. The van der Waals surface area contributed by atoms with Crippen molar-refractivity contribution in [1.29, 1.82) is 0 Å². The molecular formula is C7H15N3O5S2. The molecule has 0 aromatic carbocycles. The van der Waals surface area contributed by atoms with Crippen LogP contribution < -0.4 is 14.8 Å². The summed E-state index contributed by atoms with van der Waals surface area (Å²) in [6.45, 7) is -0.417. The molecule has 8 nitrogen and oxygen atoms in total. The van der Waals surface area contributed by atoms with Gasteiger partial charge in [0.2, 0.25) is 5.91 Å². The molecule has 1 amide bonds. The third kappa shape index (κ3) is 4.98. The second-order valence-corrected chi connectivity index (χ2v) is 7.63. The first kappa shape index (κ1) is 14.4. The van der Waals surface area contributed by atoms with Gasteiger partial charge in [0.1, 0.15) is 0 Å². The van der Waals surface area contributed by atoms with Gasteiger partial charge in [-0.2, -0.15) is 13.1 Å². The fourth-order valence-corrected chi connectivity index (χ4v) is 3.56. The Labute approximate surface area is 100 Å². The highest BCUT2D eigenvalue weighted by Gasteiger charge is 2.28. The molecule has 1 rings (SSSR count). The number of hydrogen-bond acceptors (Lipinski definition) is 5. The largest absolute Gasteiger partial charge is 0.351 e. The van der Waals surface area contributed by atoms with Crippen LogP contribution in [0.15, 0.2) is 0 Å². The third-order valence-corrected chi connectivity index (χ3v) is 5.12. The first-order valence-electron chi connectivity index (χ1n) is 4.92. The minimum atomic E-state index is -3.65. The maximum atomic E-state index is 11.3. The lowest BCUT2D eigenvalue weighted by Crippen LogP contribution is -2.44. The molecule has 0 bridgehead atoms. The minimum absolute atomic E-state index is 0.0557. The Kier molecular flexibility index (Phi) is 4.47. The first-order chi connectivity index (χ1) is 7.74. The summed E-state index contributed by atoms with van der Waals surface area (Å²) >= 11 is 0. The Bertz CT molecular complexity index is 484. The zero-order chi connectivity index (χ0) is 13.1. The van der Waals surface area contributed by atoms with Gasteiger partial charge in [-0.25, -0.2) is 13.1 Å². The fraction of sp³-hybridized carbons (Fsp3) is 0.857. The molecule has 1 heterocycles. The van der Waals surface area contributed by atoms with E-state index in [0.29, 0.717) is 6.42 Å². The zero-order valence-corrected chi connectivity index (χ0v) is 10.9. The van der Waals surface area contributed by atoms with Crippen LogP contribution >= 0.6 is 0 Å². The molecular weight excluding hydrogens is 270 g/mol. The van der Waals surface area contributed by atoms with Crippen molar-refractivity contribution >= 4 is 26.0 Å². The molecule has 1 unspecified atom stereocenters. The smallest absolute Gasteiger partial charge is 0.277 e. The van der Waals surface area contributed by atoms with Crippen LogP contribution in [0.1, 0.15) is 6.42 Å². The fourth-order valence-electron chi connectivity index (χ4n) is 1.42. The lowest BCUT2D eigenvalue weighted by molar-refractivity contribution is -0.120. The average Bonchev–Trinajstić information content (AvgIpc) is 2.55. The number of sulfone groups is 1. The van der Waals surface area contributed by atoms with E-state index in [1.807, 2.05) is 9.44 Å². The van der Waals surface area contributed by atoms with E-state index in [1.54, 1.807) is 0 Å². The molecule has 1 aliphatic rings. The summed E-state index contributed by atoms with van der Waals surface area (Å²) < 4.78 is 48.1. The monoisotopic (exact) mass is 285 g/mol. The Balaban J connectivity index is 2.37. The van der Waals surface area contributed by atoms with Crippen molar-refractivity contribution in [2.24, 2.45) is 0 Å². The summed E-state index contributed by atoms with van der Waals surface area (Å²) in [5.41, 5.74) is 0. The number of carbonyl (C=O) groups excluding carboxylic acids is 1. The Morgan fingerprint density at radius 1 is 1.41 bits per heavy atom. The highest BCUT2D eigenvalue weighted by atomic mass is 32.2.